The highest BCUT2D eigenvalue weighted by Crippen LogP contribution is 2.25. The Hall–Kier alpha value is -2.04. The maximum atomic E-state index is 13.8. The second-order valence-electron chi connectivity index (χ2n) is 4.21. The highest BCUT2D eigenvalue weighted by atomic mass is 19.1. The van der Waals surface area contributed by atoms with Gasteiger partial charge in [-0.1, -0.05) is 0 Å². The summed E-state index contributed by atoms with van der Waals surface area (Å²) in [5.74, 6) is -0.542. The number of hydrogen-bond acceptors (Lipinski definition) is 3. The number of carbonyl (C=O) groups is 1. The lowest BCUT2D eigenvalue weighted by Gasteiger charge is -2.09. The number of ether oxygens (including phenoxy) is 2. The topological polar surface area (TPSA) is 51.3 Å². The predicted octanol–water partition coefficient (Wildman–Crippen LogP) is 2.88. The largest absolute Gasteiger partial charge is 0.491 e. The average molecular weight is 251 g/mol. The van der Waals surface area contributed by atoms with Crippen LogP contribution in [0.2, 0.25) is 0 Å². The van der Waals surface area contributed by atoms with E-state index < -0.39 is 11.8 Å². The molecule has 96 valence electrons. The molecular weight excluding hydrogens is 237 g/mol. The summed E-state index contributed by atoms with van der Waals surface area (Å²) in [7, 11) is 1.28. The first-order valence-corrected chi connectivity index (χ1v) is 5.58. The van der Waals surface area contributed by atoms with Crippen LogP contribution in [0.25, 0.3) is 10.9 Å². The lowest BCUT2D eigenvalue weighted by atomic mass is 10.2. The molecule has 1 heterocycles. The summed E-state index contributed by atoms with van der Waals surface area (Å²) in [6.07, 6.45) is -0.0445. The van der Waals surface area contributed by atoms with Crippen molar-refractivity contribution in [1.29, 1.82) is 0 Å². The lowest BCUT2D eigenvalue weighted by Crippen LogP contribution is -2.05. The number of nitrogens with one attached hydrogen (secondary N) is 1. The van der Waals surface area contributed by atoms with Gasteiger partial charge in [-0.05, 0) is 19.9 Å². The quantitative estimate of drug-likeness (QED) is 0.853. The first-order valence-electron chi connectivity index (χ1n) is 5.58. The molecule has 0 bridgehead atoms. The van der Waals surface area contributed by atoms with Gasteiger partial charge in [-0.25, -0.2) is 9.18 Å². The highest BCUT2D eigenvalue weighted by molar-refractivity contribution is 5.95. The summed E-state index contributed by atoms with van der Waals surface area (Å²) in [6.45, 7) is 3.72. The van der Waals surface area contributed by atoms with E-state index in [0.717, 1.165) is 0 Å². The molecule has 5 heteroatoms. The molecule has 0 saturated carbocycles. The number of methoxy groups -OCH3 is 1. The van der Waals surface area contributed by atoms with Crippen LogP contribution in [0.4, 0.5) is 4.39 Å². The average Bonchev–Trinajstić information content (AvgIpc) is 2.71. The summed E-state index contributed by atoms with van der Waals surface area (Å²) in [5.41, 5.74) is 0.721. The van der Waals surface area contributed by atoms with E-state index in [4.69, 9.17) is 4.74 Å². The molecule has 0 amide bonds. The van der Waals surface area contributed by atoms with E-state index in [0.29, 0.717) is 16.7 Å². The number of rotatable bonds is 3. The van der Waals surface area contributed by atoms with E-state index in [-0.39, 0.29) is 11.8 Å². The van der Waals surface area contributed by atoms with Crippen molar-refractivity contribution < 1.29 is 18.7 Å². The number of H-pyrrole nitrogens is 1. The van der Waals surface area contributed by atoms with Crippen molar-refractivity contribution in [3.8, 4) is 5.75 Å². The summed E-state index contributed by atoms with van der Waals surface area (Å²) >= 11 is 0. The molecule has 1 aromatic carbocycles. The number of benzene rings is 1. The van der Waals surface area contributed by atoms with Crippen molar-refractivity contribution in [2.75, 3.05) is 7.11 Å². The van der Waals surface area contributed by atoms with Crippen LogP contribution in [0, 0.1) is 5.82 Å². The van der Waals surface area contributed by atoms with Gasteiger partial charge in [0, 0.05) is 17.5 Å². The van der Waals surface area contributed by atoms with Crippen LogP contribution in [-0.2, 0) is 4.74 Å². The second-order valence-corrected chi connectivity index (χ2v) is 4.21. The van der Waals surface area contributed by atoms with Crippen LogP contribution < -0.4 is 4.74 Å². The summed E-state index contributed by atoms with van der Waals surface area (Å²) in [6, 6.07) is 4.39. The predicted molar refractivity (Wildman–Crippen MR) is 65.4 cm³/mol. The van der Waals surface area contributed by atoms with Gasteiger partial charge in [0.1, 0.15) is 17.3 Å². The van der Waals surface area contributed by atoms with E-state index in [2.05, 4.69) is 9.72 Å². The Bertz CT molecular complexity index is 589. The van der Waals surface area contributed by atoms with Crippen LogP contribution in [0.5, 0.6) is 5.75 Å². The number of esters is 1. The van der Waals surface area contributed by atoms with Gasteiger partial charge in [-0.15, -0.1) is 0 Å². The highest BCUT2D eigenvalue weighted by Gasteiger charge is 2.13. The molecule has 0 aliphatic heterocycles. The molecule has 0 spiro atoms. The molecule has 1 N–H and O–H groups in total. The minimum absolute atomic E-state index is 0.0445. The van der Waals surface area contributed by atoms with Gasteiger partial charge in [0.15, 0.2) is 0 Å². The molecule has 1 aromatic heterocycles. The molecular formula is C13H14FNO3. The number of hydrogen-bond donors (Lipinski definition) is 1. The lowest BCUT2D eigenvalue weighted by molar-refractivity contribution is 0.0595. The molecule has 0 unspecified atom stereocenters. The number of halogens is 1. The van der Waals surface area contributed by atoms with Crippen LogP contribution in [-0.4, -0.2) is 24.2 Å². The zero-order valence-electron chi connectivity index (χ0n) is 10.4. The van der Waals surface area contributed by atoms with Gasteiger partial charge in [-0.2, -0.15) is 0 Å². The van der Waals surface area contributed by atoms with Crippen LogP contribution in [0.1, 0.15) is 24.3 Å². The third-order valence-electron chi connectivity index (χ3n) is 2.44. The molecule has 0 radical (unpaired) electrons. The summed E-state index contributed by atoms with van der Waals surface area (Å²) < 4.78 is 23.8. The number of aromatic nitrogens is 1. The van der Waals surface area contributed by atoms with E-state index in [1.807, 2.05) is 13.8 Å². The molecule has 2 rings (SSSR count). The van der Waals surface area contributed by atoms with Crippen molar-refractivity contribution >= 4 is 16.9 Å². The van der Waals surface area contributed by atoms with Crippen molar-refractivity contribution in [2.24, 2.45) is 0 Å². The molecule has 0 fully saturated rings. The van der Waals surface area contributed by atoms with E-state index in [1.165, 1.54) is 19.2 Å². The van der Waals surface area contributed by atoms with Crippen LogP contribution in [0.15, 0.2) is 18.2 Å². The SMILES string of the molecule is COC(=O)c1cc2c(F)cc(OC(C)C)cc2[nH]1. The first kappa shape index (κ1) is 12.4. The Kier molecular flexibility index (Phi) is 3.23. The summed E-state index contributed by atoms with van der Waals surface area (Å²) in [4.78, 5) is 14.2. The van der Waals surface area contributed by atoms with Gasteiger partial charge in [0.2, 0.25) is 0 Å². The number of carbonyl (C=O) groups excluding carboxylic acids is 1. The fourth-order valence-corrected chi connectivity index (χ4v) is 1.73. The Labute approximate surface area is 104 Å². The number of aromatic amines is 1. The molecule has 4 nitrogen and oxygen atoms in total. The van der Waals surface area contributed by atoms with Crippen LogP contribution >= 0.6 is 0 Å². The Morgan fingerprint density at radius 2 is 2.06 bits per heavy atom. The minimum Gasteiger partial charge on any atom is -0.491 e. The standard InChI is InChI=1S/C13H14FNO3/c1-7(2)18-8-4-10(14)9-6-12(13(16)17-3)15-11(9)5-8/h4-7,15H,1-3H3. The molecule has 18 heavy (non-hydrogen) atoms. The fraction of sp³-hybridized carbons (Fsp3) is 0.308. The fourth-order valence-electron chi connectivity index (χ4n) is 1.73. The maximum Gasteiger partial charge on any atom is 0.354 e. The van der Waals surface area contributed by atoms with Crippen molar-refractivity contribution in [1.82, 2.24) is 4.98 Å². The molecule has 0 aliphatic rings. The third-order valence-corrected chi connectivity index (χ3v) is 2.44. The molecule has 0 atom stereocenters. The Morgan fingerprint density at radius 1 is 1.33 bits per heavy atom. The van der Waals surface area contributed by atoms with Gasteiger partial charge >= 0.3 is 5.97 Å². The van der Waals surface area contributed by atoms with E-state index >= 15 is 0 Å². The first-order chi connectivity index (χ1) is 8.51. The monoisotopic (exact) mass is 251 g/mol. The van der Waals surface area contributed by atoms with Crippen molar-refractivity contribution in [3.05, 3.63) is 29.7 Å². The van der Waals surface area contributed by atoms with Gasteiger partial charge < -0.3 is 14.5 Å². The van der Waals surface area contributed by atoms with Gasteiger partial charge in [0.05, 0.1) is 18.7 Å². The van der Waals surface area contributed by atoms with Gasteiger partial charge in [0.25, 0.3) is 0 Å². The Balaban J connectivity index is 2.48. The smallest absolute Gasteiger partial charge is 0.354 e. The van der Waals surface area contributed by atoms with Crippen LogP contribution in [0.3, 0.4) is 0 Å². The van der Waals surface area contributed by atoms with Crippen molar-refractivity contribution in [3.63, 3.8) is 0 Å². The van der Waals surface area contributed by atoms with Gasteiger partial charge in [-0.3, -0.25) is 0 Å². The maximum absolute atomic E-state index is 13.8. The normalized spacial score (nSPS) is 10.9. The minimum atomic E-state index is -0.531. The molecule has 0 aliphatic carbocycles. The van der Waals surface area contributed by atoms with Crippen molar-refractivity contribution in [2.45, 2.75) is 20.0 Å². The van der Waals surface area contributed by atoms with E-state index in [9.17, 15) is 9.18 Å². The second kappa shape index (κ2) is 4.68. The molecule has 2 aromatic rings. The summed E-state index contributed by atoms with van der Waals surface area (Å²) in [5, 5.41) is 0.339. The molecule has 0 saturated heterocycles. The number of fused-ring (bicyclic) bond motifs is 1. The van der Waals surface area contributed by atoms with E-state index in [1.54, 1.807) is 6.07 Å². The zero-order chi connectivity index (χ0) is 13.3. The Morgan fingerprint density at radius 3 is 2.67 bits per heavy atom. The zero-order valence-corrected chi connectivity index (χ0v) is 10.4. The third kappa shape index (κ3) is 2.30.